The molecule has 2 amide bonds. The Morgan fingerprint density at radius 1 is 1.05 bits per heavy atom. The third-order valence-electron chi connectivity index (χ3n) is 12.2. The van der Waals surface area contributed by atoms with Crippen molar-refractivity contribution in [1.29, 1.82) is 0 Å². The summed E-state index contributed by atoms with van der Waals surface area (Å²) in [5, 5.41) is 1.30. The van der Waals surface area contributed by atoms with E-state index in [1.165, 1.54) is 18.2 Å². The number of fused-ring (bicyclic) bond motifs is 3. The number of allylic oxidation sites excluding steroid dienone is 2. The Morgan fingerprint density at radius 3 is 2.44 bits per heavy atom. The number of ketones is 1. The fourth-order valence-corrected chi connectivity index (χ4v) is 9.79. The number of esters is 1. The lowest BCUT2D eigenvalue weighted by Gasteiger charge is -2.32. The monoisotopic (exact) mass is 813 g/mol. The molecule has 1 N–H and O–H groups in total. The summed E-state index contributed by atoms with van der Waals surface area (Å²) >= 11 is 0. The molecule has 3 fully saturated rings. The van der Waals surface area contributed by atoms with Crippen molar-refractivity contribution < 1.29 is 50.9 Å². The van der Waals surface area contributed by atoms with Crippen LogP contribution in [0.25, 0.3) is 10.8 Å². The van der Waals surface area contributed by atoms with Gasteiger partial charge in [0.05, 0.1) is 50.8 Å². The summed E-state index contributed by atoms with van der Waals surface area (Å²) < 4.78 is 64.0. The van der Waals surface area contributed by atoms with Crippen LogP contribution in [-0.4, -0.2) is 91.8 Å². The van der Waals surface area contributed by atoms with Gasteiger partial charge in [-0.05, 0) is 88.8 Å². The number of aromatic nitrogens is 1. The van der Waals surface area contributed by atoms with E-state index in [2.05, 4.69) is 9.71 Å². The normalized spacial score (nSPS) is 29.6. The number of carbonyl (C=O) groups excluding carboxylic acids is 4. The number of Topliss-reactive ketones (excluding diaryl/α,β-unsaturated/α-hetero) is 1. The number of hydrogen-bond donors (Lipinski definition) is 1. The summed E-state index contributed by atoms with van der Waals surface area (Å²) in [6, 6.07) is 4.28. The number of alkyl halides is 1. The van der Waals surface area contributed by atoms with Gasteiger partial charge in [-0.1, -0.05) is 32.4 Å². The molecule has 0 bridgehead atoms. The van der Waals surface area contributed by atoms with Crippen LogP contribution in [0.2, 0.25) is 0 Å². The molecular formula is C42H56FN3O10S. The second-order valence-corrected chi connectivity index (χ2v) is 19.6. The van der Waals surface area contributed by atoms with Crippen molar-refractivity contribution in [3.8, 4) is 17.4 Å². The molecule has 4 aliphatic rings. The molecule has 2 aliphatic carbocycles. The quantitative estimate of drug-likeness (QED) is 0.225. The molecule has 7 atom stereocenters. The molecule has 0 spiro atoms. The van der Waals surface area contributed by atoms with E-state index < -0.39 is 80.0 Å². The molecule has 1 saturated heterocycles. The smallest absolute Gasteiger partial charge is 0.307 e. The van der Waals surface area contributed by atoms with Gasteiger partial charge in [0.2, 0.25) is 27.7 Å². The van der Waals surface area contributed by atoms with Crippen molar-refractivity contribution >= 4 is 44.4 Å². The number of amides is 2. The van der Waals surface area contributed by atoms with Gasteiger partial charge in [0.25, 0.3) is 0 Å². The number of hydrogen-bond acceptors (Lipinski definition) is 11. The van der Waals surface area contributed by atoms with E-state index in [1.54, 1.807) is 46.1 Å². The number of methoxy groups -OCH3 is 2. The number of halogens is 1. The zero-order valence-electron chi connectivity index (χ0n) is 34.0. The first-order chi connectivity index (χ1) is 26.9. The first-order valence-electron chi connectivity index (χ1n) is 19.9. The van der Waals surface area contributed by atoms with Crippen molar-refractivity contribution in [3.05, 3.63) is 36.5 Å². The average Bonchev–Trinajstić information content (AvgIpc) is 4.06. The summed E-state index contributed by atoms with van der Waals surface area (Å²) in [7, 11) is -1.27. The topological polar surface area (TPSA) is 167 Å². The molecule has 2 saturated carbocycles. The molecule has 0 radical (unpaired) electrons. The van der Waals surface area contributed by atoms with E-state index in [4.69, 9.17) is 18.9 Å². The Labute approximate surface area is 334 Å². The predicted octanol–water partition coefficient (Wildman–Crippen LogP) is 5.87. The molecule has 1 aromatic carbocycles. The summed E-state index contributed by atoms with van der Waals surface area (Å²) in [5.41, 5.74) is -2.18. The molecule has 57 heavy (non-hydrogen) atoms. The maximum Gasteiger partial charge on any atom is 0.307 e. The number of ether oxygens (including phenoxy) is 4. The largest absolute Gasteiger partial charge is 0.497 e. The molecule has 6 rings (SSSR count). The van der Waals surface area contributed by atoms with Crippen molar-refractivity contribution in [1.82, 2.24) is 14.6 Å². The van der Waals surface area contributed by atoms with Gasteiger partial charge in [-0.25, -0.2) is 17.8 Å². The van der Waals surface area contributed by atoms with Gasteiger partial charge in [0.1, 0.15) is 34.6 Å². The molecule has 3 heterocycles. The maximum atomic E-state index is 14.9. The average molecular weight is 814 g/mol. The van der Waals surface area contributed by atoms with Crippen LogP contribution in [0.15, 0.2) is 36.5 Å². The Balaban J connectivity index is 1.36. The number of rotatable bonds is 10. The van der Waals surface area contributed by atoms with Crippen LogP contribution in [0.4, 0.5) is 4.39 Å². The maximum absolute atomic E-state index is 14.9. The highest BCUT2D eigenvalue weighted by Crippen LogP contribution is 2.58. The standard InChI is InChI=1S/C42H56FN3O10S/c1-25-9-8-10-26(2)31(19-36(48)56-40(3,4)5)38(49)46-23-29(55-37-30-14-13-28(53-6)17-32(30)35(54-7)22-44-37)18-33(46)34(47)21-42(20-27(42)12-11-25)39(50)45-57(51,52)41(24-43)15-16-41/h11-14,17,22,25-27,29,31,33H,8-10,15-16,18-21,23-24H2,1-7H3,(H,45,50)/b12-11-/t25-,26+,27+,29+,31-,33-,42+/m0/s1. The van der Waals surface area contributed by atoms with Crippen LogP contribution in [0.3, 0.4) is 0 Å². The second kappa shape index (κ2) is 16.2. The third kappa shape index (κ3) is 8.92. The Kier molecular flexibility index (Phi) is 12.0. The minimum absolute atomic E-state index is 0.00883. The summed E-state index contributed by atoms with van der Waals surface area (Å²) in [5.74, 6) is -2.27. The van der Waals surface area contributed by atoms with E-state index in [1.807, 2.05) is 26.0 Å². The zero-order chi connectivity index (χ0) is 41.5. The molecule has 2 aromatic rings. The van der Waals surface area contributed by atoms with Crippen LogP contribution < -0.4 is 18.9 Å². The van der Waals surface area contributed by atoms with E-state index in [9.17, 15) is 32.0 Å². The van der Waals surface area contributed by atoms with E-state index in [0.29, 0.717) is 28.7 Å². The van der Waals surface area contributed by atoms with Crippen LogP contribution >= 0.6 is 0 Å². The van der Waals surface area contributed by atoms with E-state index >= 15 is 0 Å². The van der Waals surface area contributed by atoms with Crippen molar-refractivity contribution in [2.75, 3.05) is 27.4 Å². The Morgan fingerprint density at radius 2 is 1.79 bits per heavy atom. The van der Waals surface area contributed by atoms with Gasteiger partial charge in [0, 0.05) is 23.6 Å². The van der Waals surface area contributed by atoms with Gasteiger partial charge < -0.3 is 23.8 Å². The molecule has 0 unspecified atom stereocenters. The van der Waals surface area contributed by atoms with Gasteiger partial charge >= 0.3 is 5.97 Å². The predicted molar refractivity (Wildman–Crippen MR) is 210 cm³/mol. The summed E-state index contributed by atoms with van der Waals surface area (Å²) in [6.45, 7) is 8.13. The Bertz CT molecular complexity index is 2030. The summed E-state index contributed by atoms with van der Waals surface area (Å²) in [6.07, 6.45) is 6.78. The number of pyridine rings is 1. The lowest BCUT2D eigenvalue weighted by atomic mass is 9.84. The SMILES string of the molecule is COc1ccc2c(O[C@@H]3C[C@H]4C(=O)C[C@]5(C(=O)NS(=O)(=O)C6(CF)CC6)C[C@H]5/C=C\[C@@H](C)CCC[C@@H](C)[C@H](CC(=O)OC(C)(C)C)C(=O)N4C3)ncc(OC)c2c1. The van der Waals surface area contributed by atoms with Crippen LogP contribution in [0, 0.1) is 29.1 Å². The van der Waals surface area contributed by atoms with Gasteiger partial charge in [-0.3, -0.25) is 23.9 Å². The minimum atomic E-state index is -4.35. The fraction of sp³-hybridized carbons (Fsp3) is 0.643. The highest BCUT2D eigenvalue weighted by molar-refractivity contribution is 7.91. The van der Waals surface area contributed by atoms with Gasteiger partial charge in [-0.15, -0.1) is 0 Å². The molecular weight excluding hydrogens is 758 g/mol. The number of benzene rings is 1. The van der Waals surface area contributed by atoms with Crippen molar-refractivity contribution in [2.45, 2.75) is 115 Å². The highest BCUT2D eigenvalue weighted by atomic mass is 32.2. The lowest BCUT2D eigenvalue weighted by molar-refractivity contribution is -0.159. The van der Waals surface area contributed by atoms with Crippen LogP contribution in [-0.2, 0) is 33.9 Å². The molecule has 13 nitrogen and oxygen atoms in total. The molecule has 2 aliphatic heterocycles. The second-order valence-electron chi connectivity index (χ2n) is 17.6. The number of nitrogens with zero attached hydrogens (tertiary/aromatic N) is 2. The van der Waals surface area contributed by atoms with E-state index in [0.717, 1.165) is 12.8 Å². The minimum Gasteiger partial charge on any atom is -0.497 e. The number of sulfonamides is 1. The fourth-order valence-electron chi connectivity index (χ4n) is 8.34. The van der Waals surface area contributed by atoms with Gasteiger partial charge in [-0.2, -0.15) is 0 Å². The van der Waals surface area contributed by atoms with E-state index in [-0.39, 0.29) is 62.8 Å². The first kappa shape index (κ1) is 42.3. The van der Waals surface area contributed by atoms with Crippen LogP contribution in [0.1, 0.15) is 92.4 Å². The Hall–Kier alpha value is -4.27. The van der Waals surface area contributed by atoms with Crippen molar-refractivity contribution in [2.24, 2.45) is 29.1 Å². The number of nitrogens with one attached hydrogen (secondary N) is 1. The molecule has 15 heteroatoms. The summed E-state index contributed by atoms with van der Waals surface area (Å²) in [4.78, 5) is 62.9. The molecule has 312 valence electrons. The number of carbonyl (C=O) groups is 4. The lowest BCUT2D eigenvalue weighted by Crippen LogP contribution is -2.48. The zero-order valence-corrected chi connectivity index (χ0v) is 34.8. The van der Waals surface area contributed by atoms with Crippen LogP contribution in [0.5, 0.6) is 17.4 Å². The third-order valence-corrected chi connectivity index (χ3v) is 14.3. The van der Waals surface area contributed by atoms with Crippen molar-refractivity contribution in [3.63, 3.8) is 0 Å². The first-order valence-corrected chi connectivity index (χ1v) is 21.4. The van der Waals surface area contributed by atoms with Gasteiger partial charge in [0.15, 0.2) is 5.78 Å². The highest BCUT2D eigenvalue weighted by Gasteiger charge is 2.63. The molecule has 1 aromatic heterocycles.